The Kier molecular flexibility index (Phi) is 4.76. The predicted octanol–water partition coefficient (Wildman–Crippen LogP) is 3.36. The molecule has 0 saturated heterocycles. The van der Waals surface area contributed by atoms with Crippen molar-refractivity contribution in [2.75, 3.05) is 11.9 Å². The van der Waals surface area contributed by atoms with Crippen molar-refractivity contribution >= 4 is 23.2 Å². The van der Waals surface area contributed by atoms with Gasteiger partial charge in [-0.2, -0.15) is 0 Å². The molecular weight excluding hydrogens is 283 g/mol. The van der Waals surface area contributed by atoms with Crippen molar-refractivity contribution in [2.24, 2.45) is 0 Å². The summed E-state index contributed by atoms with van der Waals surface area (Å²) in [7, 11) is 0. The summed E-state index contributed by atoms with van der Waals surface area (Å²) < 4.78 is 18.7. The van der Waals surface area contributed by atoms with Gasteiger partial charge in [0.05, 0.1) is 24.5 Å². The number of carbonyl (C=O) groups excluding carboxylic acids is 1. The molecule has 1 heterocycles. The number of amides is 1. The number of hydrogen-bond acceptors (Lipinski definition) is 3. The maximum absolute atomic E-state index is 13.5. The van der Waals surface area contributed by atoms with Crippen molar-refractivity contribution in [1.29, 1.82) is 0 Å². The van der Waals surface area contributed by atoms with Crippen LogP contribution in [-0.4, -0.2) is 12.5 Å². The van der Waals surface area contributed by atoms with Gasteiger partial charge in [-0.3, -0.25) is 10.1 Å². The molecular formula is C14H14ClFN2O2. The second-order valence-corrected chi connectivity index (χ2v) is 4.73. The molecule has 2 rings (SSSR count). The smallest absolute Gasteiger partial charge is 0.238 e. The molecule has 4 nitrogen and oxygen atoms in total. The summed E-state index contributed by atoms with van der Waals surface area (Å²) in [6.45, 7) is 1.92. The minimum absolute atomic E-state index is 0.0456. The second-order valence-electron chi connectivity index (χ2n) is 4.29. The highest BCUT2D eigenvalue weighted by Gasteiger charge is 2.11. The molecule has 1 atom stereocenters. The van der Waals surface area contributed by atoms with E-state index < -0.39 is 5.82 Å². The average Bonchev–Trinajstić information content (AvgIpc) is 2.93. The Balaban J connectivity index is 1.86. The first-order valence-corrected chi connectivity index (χ1v) is 6.46. The minimum Gasteiger partial charge on any atom is -0.468 e. The van der Waals surface area contributed by atoms with Crippen LogP contribution in [0.1, 0.15) is 18.7 Å². The Morgan fingerprint density at radius 2 is 2.25 bits per heavy atom. The Bertz CT molecular complexity index is 587. The van der Waals surface area contributed by atoms with Crippen LogP contribution in [-0.2, 0) is 4.79 Å². The van der Waals surface area contributed by atoms with Crippen molar-refractivity contribution < 1.29 is 13.6 Å². The Morgan fingerprint density at radius 3 is 2.90 bits per heavy atom. The molecule has 1 aromatic heterocycles. The van der Waals surface area contributed by atoms with Crippen molar-refractivity contribution in [1.82, 2.24) is 5.32 Å². The van der Waals surface area contributed by atoms with E-state index in [-0.39, 0.29) is 29.2 Å². The third-order valence-corrected chi connectivity index (χ3v) is 2.98. The Labute approximate surface area is 120 Å². The van der Waals surface area contributed by atoms with Gasteiger partial charge in [-0.1, -0.05) is 11.6 Å². The molecule has 20 heavy (non-hydrogen) atoms. The van der Waals surface area contributed by atoms with Crippen LogP contribution in [0.25, 0.3) is 0 Å². The standard InChI is InChI=1S/C14H14ClFN2O2/c1-9(13-3-2-6-20-13)17-8-14(19)18-12-5-4-10(15)7-11(12)16/h2-7,9,17H,8H2,1H3,(H,18,19)/t9-/m1/s1. The lowest BCUT2D eigenvalue weighted by Gasteiger charge is -2.11. The summed E-state index contributed by atoms with van der Waals surface area (Å²) in [6, 6.07) is 7.57. The van der Waals surface area contributed by atoms with E-state index in [1.165, 1.54) is 12.1 Å². The van der Waals surface area contributed by atoms with Crippen molar-refractivity contribution in [2.45, 2.75) is 13.0 Å². The van der Waals surface area contributed by atoms with E-state index in [0.29, 0.717) is 0 Å². The fraction of sp³-hybridized carbons (Fsp3) is 0.214. The fourth-order valence-corrected chi connectivity index (χ4v) is 1.83. The van der Waals surface area contributed by atoms with Crippen LogP contribution in [0, 0.1) is 5.82 Å². The molecule has 0 saturated carbocycles. The van der Waals surface area contributed by atoms with Gasteiger partial charge in [0.2, 0.25) is 5.91 Å². The number of furan rings is 1. The van der Waals surface area contributed by atoms with E-state index in [1.807, 2.05) is 13.0 Å². The van der Waals surface area contributed by atoms with Gasteiger partial charge < -0.3 is 9.73 Å². The van der Waals surface area contributed by atoms with Crippen LogP contribution >= 0.6 is 11.6 Å². The van der Waals surface area contributed by atoms with Crippen LogP contribution in [0.4, 0.5) is 10.1 Å². The van der Waals surface area contributed by atoms with Crippen LogP contribution in [0.15, 0.2) is 41.0 Å². The van der Waals surface area contributed by atoms with E-state index >= 15 is 0 Å². The van der Waals surface area contributed by atoms with Gasteiger partial charge in [0.1, 0.15) is 11.6 Å². The number of hydrogen-bond donors (Lipinski definition) is 2. The molecule has 1 aromatic carbocycles. The normalized spacial score (nSPS) is 12.2. The quantitative estimate of drug-likeness (QED) is 0.889. The van der Waals surface area contributed by atoms with Crippen molar-refractivity contribution in [3.05, 3.63) is 53.2 Å². The molecule has 1 amide bonds. The summed E-state index contributed by atoms with van der Waals surface area (Å²) >= 11 is 5.64. The molecule has 0 bridgehead atoms. The topological polar surface area (TPSA) is 54.3 Å². The molecule has 0 aliphatic heterocycles. The zero-order valence-corrected chi connectivity index (χ0v) is 11.6. The van der Waals surface area contributed by atoms with Gasteiger partial charge in [-0.15, -0.1) is 0 Å². The number of halogens is 2. The molecule has 2 aromatic rings. The molecule has 6 heteroatoms. The fourth-order valence-electron chi connectivity index (χ4n) is 1.67. The third kappa shape index (κ3) is 3.82. The van der Waals surface area contributed by atoms with Crippen LogP contribution < -0.4 is 10.6 Å². The first kappa shape index (κ1) is 14.6. The molecule has 0 fully saturated rings. The minimum atomic E-state index is -0.565. The average molecular weight is 297 g/mol. The lowest BCUT2D eigenvalue weighted by atomic mass is 10.2. The first-order valence-electron chi connectivity index (χ1n) is 6.08. The third-order valence-electron chi connectivity index (χ3n) is 2.74. The lowest BCUT2D eigenvalue weighted by molar-refractivity contribution is -0.115. The lowest BCUT2D eigenvalue weighted by Crippen LogP contribution is -2.30. The number of nitrogens with one attached hydrogen (secondary N) is 2. The van der Waals surface area contributed by atoms with Crippen LogP contribution in [0.5, 0.6) is 0 Å². The molecule has 2 N–H and O–H groups in total. The zero-order chi connectivity index (χ0) is 14.5. The largest absolute Gasteiger partial charge is 0.468 e. The van der Waals surface area contributed by atoms with Crippen molar-refractivity contribution in [3.8, 4) is 0 Å². The maximum Gasteiger partial charge on any atom is 0.238 e. The highest BCUT2D eigenvalue weighted by molar-refractivity contribution is 6.30. The SMILES string of the molecule is C[C@@H](NCC(=O)Nc1ccc(Cl)cc1F)c1ccco1. The van der Waals surface area contributed by atoms with Crippen molar-refractivity contribution in [3.63, 3.8) is 0 Å². The van der Waals surface area contributed by atoms with E-state index in [9.17, 15) is 9.18 Å². The van der Waals surface area contributed by atoms with E-state index in [0.717, 1.165) is 11.8 Å². The van der Waals surface area contributed by atoms with E-state index in [2.05, 4.69) is 10.6 Å². The molecule has 0 spiro atoms. The first-order chi connectivity index (χ1) is 9.56. The summed E-state index contributed by atoms with van der Waals surface area (Å²) in [5.74, 6) is -0.176. The number of anilines is 1. The summed E-state index contributed by atoms with van der Waals surface area (Å²) in [6.07, 6.45) is 1.57. The van der Waals surface area contributed by atoms with E-state index in [4.69, 9.17) is 16.0 Å². The Morgan fingerprint density at radius 1 is 1.45 bits per heavy atom. The van der Waals surface area contributed by atoms with Gasteiger partial charge in [-0.05, 0) is 37.3 Å². The molecule has 0 aliphatic rings. The number of rotatable bonds is 5. The Hall–Kier alpha value is -1.85. The van der Waals surface area contributed by atoms with Gasteiger partial charge in [-0.25, -0.2) is 4.39 Å². The monoisotopic (exact) mass is 296 g/mol. The van der Waals surface area contributed by atoms with Crippen LogP contribution in [0.2, 0.25) is 5.02 Å². The summed E-state index contributed by atoms with van der Waals surface area (Å²) in [4.78, 5) is 11.7. The van der Waals surface area contributed by atoms with Gasteiger partial charge in [0.25, 0.3) is 0 Å². The van der Waals surface area contributed by atoms with Gasteiger partial charge in [0, 0.05) is 5.02 Å². The number of carbonyl (C=O) groups is 1. The van der Waals surface area contributed by atoms with E-state index in [1.54, 1.807) is 12.3 Å². The second kappa shape index (κ2) is 6.54. The van der Waals surface area contributed by atoms with Gasteiger partial charge in [0.15, 0.2) is 0 Å². The highest BCUT2D eigenvalue weighted by Crippen LogP contribution is 2.18. The molecule has 0 unspecified atom stereocenters. The summed E-state index contributed by atoms with van der Waals surface area (Å²) in [5, 5.41) is 5.74. The van der Waals surface area contributed by atoms with Gasteiger partial charge >= 0.3 is 0 Å². The number of benzene rings is 1. The highest BCUT2D eigenvalue weighted by atomic mass is 35.5. The summed E-state index contributed by atoms with van der Waals surface area (Å²) in [5.41, 5.74) is 0.104. The zero-order valence-electron chi connectivity index (χ0n) is 10.8. The molecule has 106 valence electrons. The molecule has 0 radical (unpaired) electrons. The molecule has 0 aliphatic carbocycles. The van der Waals surface area contributed by atoms with Crippen LogP contribution in [0.3, 0.4) is 0 Å². The maximum atomic E-state index is 13.5. The predicted molar refractivity (Wildman–Crippen MR) is 75.2 cm³/mol.